The molecule has 0 radical (unpaired) electrons. The third kappa shape index (κ3) is 3.09. The summed E-state index contributed by atoms with van der Waals surface area (Å²) in [7, 11) is 0. The molecule has 1 saturated carbocycles. The molecule has 1 amide bonds. The van der Waals surface area contributed by atoms with Crippen LogP contribution in [0.3, 0.4) is 0 Å². The van der Waals surface area contributed by atoms with Crippen LogP contribution in [-0.2, 0) is 4.79 Å². The zero-order chi connectivity index (χ0) is 14.8. The Hall–Kier alpha value is -2.49. The van der Waals surface area contributed by atoms with Gasteiger partial charge in [0.1, 0.15) is 18.2 Å². The lowest BCUT2D eigenvalue weighted by molar-refractivity contribution is -0.773. The van der Waals surface area contributed by atoms with Crippen molar-refractivity contribution in [1.82, 2.24) is 10.4 Å². The molecule has 104 valence electrons. The van der Waals surface area contributed by atoms with Crippen LogP contribution in [0.1, 0.15) is 42.6 Å². The zero-order valence-electron chi connectivity index (χ0n) is 11.0. The standard InChI is InChI=1S/C13H14N4O3/c1-9(6-11(18)19)17-5-2-10(7-15-17)12(20)16-13(8-14)3-4-13/h2,5,7,9H,3-4,6H2,1H3,(H-,16,18,19,20)/p+1. The molecule has 0 spiro atoms. The van der Waals surface area contributed by atoms with Crippen LogP contribution in [-0.4, -0.2) is 27.6 Å². The topological polar surface area (TPSA) is 107 Å². The highest BCUT2D eigenvalue weighted by Crippen LogP contribution is 2.34. The number of hydrogen-bond acceptors (Lipinski definition) is 4. The molecule has 0 bridgehead atoms. The molecule has 7 heteroatoms. The van der Waals surface area contributed by atoms with E-state index in [4.69, 9.17) is 10.4 Å². The molecular formula is C13H15N4O3+. The summed E-state index contributed by atoms with van der Waals surface area (Å²) in [6, 6.07) is 3.35. The first-order chi connectivity index (χ1) is 9.46. The normalized spacial score (nSPS) is 16.8. The summed E-state index contributed by atoms with van der Waals surface area (Å²) in [5, 5.41) is 24.3. The van der Waals surface area contributed by atoms with Crippen LogP contribution in [0.5, 0.6) is 0 Å². The Labute approximate surface area is 115 Å². The Morgan fingerprint density at radius 3 is 2.80 bits per heavy atom. The lowest BCUT2D eigenvalue weighted by Gasteiger charge is -2.08. The number of nitriles is 1. The maximum atomic E-state index is 11.9. The van der Waals surface area contributed by atoms with Gasteiger partial charge >= 0.3 is 5.97 Å². The number of aliphatic carboxylic acids is 1. The fourth-order valence-corrected chi connectivity index (χ4v) is 1.79. The van der Waals surface area contributed by atoms with Crippen LogP contribution in [0.25, 0.3) is 0 Å². The van der Waals surface area contributed by atoms with Crippen molar-refractivity contribution in [2.24, 2.45) is 0 Å². The van der Waals surface area contributed by atoms with E-state index < -0.39 is 11.5 Å². The number of hydrogen-bond donors (Lipinski definition) is 2. The summed E-state index contributed by atoms with van der Waals surface area (Å²) >= 11 is 0. The van der Waals surface area contributed by atoms with Crippen molar-refractivity contribution in [3.05, 3.63) is 24.0 Å². The van der Waals surface area contributed by atoms with E-state index in [1.165, 1.54) is 10.9 Å². The monoisotopic (exact) mass is 275 g/mol. The lowest BCUT2D eigenvalue weighted by atomic mass is 10.2. The number of nitrogens with one attached hydrogen (secondary N) is 1. The fourth-order valence-electron chi connectivity index (χ4n) is 1.79. The van der Waals surface area contributed by atoms with Crippen molar-refractivity contribution in [2.75, 3.05) is 0 Å². The zero-order valence-corrected chi connectivity index (χ0v) is 11.0. The maximum Gasteiger partial charge on any atom is 0.310 e. The van der Waals surface area contributed by atoms with Crippen LogP contribution in [0.2, 0.25) is 0 Å². The molecule has 0 aliphatic heterocycles. The summed E-state index contributed by atoms with van der Waals surface area (Å²) in [4.78, 5) is 22.5. The van der Waals surface area contributed by atoms with E-state index in [1.807, 2.05) is 0 Å². The Morgan fingerprint density at radius 2 is 2.35 bits per heavy atom. The van der Waals surface area contributed by atoms with E-state index in [0.29, 0.717) is 18.4 Å². The van der Waals surface area contributed by atoms with Crippen LogP contribution >= 0.6 is 0 Å². The minimum Gasteiger partial charge on any atom is -0.481 e. The van der Waals surface area contributed by atoms with Gasteiger partial charge in [0.15, 0.2) is 12.2 Å². The van der Waals surface area contributed by atoms with Gasteiger partial charge in [0, 0.05) is 13.0 Å². The molecule has 2 rings (SSSR count). The first-order valence-electron chi connectivity index (χ1n) is 6.29. The second-order valence-corrected chi connectivity index (χ2v) is 4.99. The van der Waals surface area contributed by atoms with Gasteiger partial charge in [-0.3, -0.25) is 9.59 Å². The van der Waals surface area contributed by atoms with E-state index in [1.54, 1.807) is 19.2 Å². The van der Waals surface area contributed by atoms with Gasteiger partial charge in [-0.15, -0.1) is 0 Å². The van der Waals surface area contributed by atoms with E-state index in [0.717, 1.165) is 0 Å². The van der Waals surface area contributed by atoms with Gasteiger partial charge in [-0.25, -0.2) is 0 Å². The second kappa shape index (κ2) is 5.25. The van der Waals surface area contributed by atoms with Crippen molar-refractivity contribution in [2.45, 2.75) is 37.8 Å². The van der Waals surface area contributed by atoms with Gasteiger partial charge < -0.3 is 10.4 Å². The fraction of sp³-hybridized carbons (Fsp3) is 0.462. The third-order valence-electron chi connectivity index (χ3n) is 3.24. The molecule has 1 aliphatic rings. The molecule has 20 heavy (non-hydrogen) atoms. The van der Waals surface area contributed by atoms with E-state index >= 15 is 0 Å². The SMILES string of the molecule is CC(CC(=O)O)[n+]1ccc(C(=O)NC2(C#N)CC2)cn1. The van der Waals surface area contributed by atoms with Crippen LogP contribution in [0.4, 0.5) is 0 Å². The molecule has 1 atom stereocenters. The Bertz CT molecular complexity index is 572. The molecule has 1 heterocycles. The first-order valence-corrected chi connectivity index (χ1v) is 6.29. The molecule has 1 aliphatic carbocycles. The Kier molecular flexibility index (Phi) is 3.66. The number of aromatic nitrogens is 2. The average Bonchev–Trinajstić information content (AvgIpc) is 3.18. The van der Waals surface area contributed by atoms with Gasteiger partial charge in [0.25, 0.3) is 5.91 Å². The molecule has 0 aromatic carbocycles. The molecule has 0 saturated heterocycles. The van der Waals surface area contributed by atoms with Gasteiger partial charge in [-0.2, -0.15) is 5.26 Å². The number of amides is 1. The van der Waals surface area contributed by atoms with Crippen molar-refractivity contribution in [3.63, 3.8) is 0 Å². The number of carbonyl (C=O) groups excluding carboxylic acids is 1. The smallest absolute Gasteiger partial charge is 0.310 e. The highest BCUT2D eigenvalue weighted by atomic mass is 16.4. The number of carbonyl (C=O) groups is 2. The molecule has 2 N–H and O–H groups in total. The summed E-state index contributed by atoms with van der Waals surface area (Å²) < 4.78 is 1.49. The van der Waals surface area contributed by atoms with Gasteiger partial charge in [0.05, 0.1) is 11.6 Å². The summed E-state index contributed by atoms with van der Waals surface area (Å²) in [5.41, 5.74) is -0.357. The molecule has 1 fully saturated rings. The molecule has 1 unspecified atom stereocenters. The van der Waals surface area contributed by atoms with Crippen LogP contribution in [0.15, 0.2) is 18.5 Å². The van der Waals surface area contributed by atoms with Crippen molar-refractivity contribution in [3.8, 4) is 6.07 Å². The Morgan fingerprint density at radius 1 is 1.65 bits per heavy atom. The Balaban J connectivity index is 2.03. The average molecular weight is 275 g/mol. The lowest BCUT2D eigenvalue weighted by Crippen LogP contribution is -2.43. The van der Waals surface area contributed by atoms with E-state index in [-0.39, 0.29) is 18.4 Å². The van der Waals surface area contributed by atoms with Crippen molar-refractivity contribution >= 4 is 11.9 Å². The first kappa shape index (κ1) is 13.9. The number of rotatable bonds is 5. The van der Waals surface area contributed by atoms with E-state index in [9.17, 15) is 9.59 Å². The predicted molar refractivity (Wildman–Crippen MR) is 66.4 cm³/mol. The van der Waals surface area contributed by atoms with Crippen molar-refractivity contribution < 1.29 is 19.4 Å². The highest BCUT2D eigenvalue weighted by molar-refractivity contribution is 5.94. The third-order valence-corrected chi connectivity index (χ3v) is 3.24. The molecule has 1 aromatic rings. The van der Waals surface area contributed by atoms with E-state index in [2.05, 4.69) is 16.5 Å². The molecule has 7 nitrogen and oxygen atoms in total. The molecular weight excluding hydrogens is 260 g/mol. The largest absolute Gasteiger partial charge is 0.481 e. The minimum absolute atomic E-state index is 0.0409. The maximum absolute atomic E-state index is 11.9. The summed E-state index contributed by atoms with van der Waals surface area (Å²) in [6.45, 7) is 1.73. The number of nitrogens with zero attached hydrogens (tertiary/aromatic N) is 3. The molecule has 1 aromatic heterocycles. The number of carboxylic acid groups (broad SMARTS) is 1. The summed E-state index contributed by atoms with van der Waals surface area (Å²) in [6.07, 6.45) is 4.24. The highest BCUT2D eigenvalue weighted by Gasteiger charge is 2.44. The van der Waals surface area contributed by atoms with Crippen LogP contribution in [0, 0.1) is 11.3 Å². The van der Waals surface area contributed by atoms with Gasteiger partial charge in [0.2, 0.25) is 0 Å². The second-order valence-electron chi connectivity index (χ2n) is 4.99. The quantitative estimate of drug-likeness (QED) is 0.746. The summed E-state index contributed by atoms with van der Waals surface area (Å²) in [5.74, 6) is -1.24. The minimum atomic E-state index is -0.904. The van der Waals surface area contributed by atoms with Crippen LogP contribution < -0.4 is 10.00 Å². The predicted octanol–water partition coefficient (Wildman–Crippen LogP) is 0.191. The number of carboxylic acids is 1. The van der Waals surface area contributed by atoms with Crippen molar-refractivity contribution in [1.29, 1.82) is 5.26 Å². The van der Waals surface area contributed by atoms with Gasteiger partial charge in [-0.1, -0.05) is 4.68 Å². The van der Waals surface area contributed by atoms with Gasteiger partial charge in [-0.05, 0) is 17.9 Å².